The minimum absolute atomic E-state index is 0.0425. The van der Waals surface area contributed by atoms with Crippen LogP contribution in [0.25, 0.3) is 0 Å². The number of carbonyl (C=O) groups is 2. The van der Waals surface area contributed by atoms with Crippen LogP contribution in [-0.4, -0.2) is 47.8 Å². The molecule has 2 aromatic carbocycles. The lowest BCUT2D eigenvalue weighted by molar-refractivity contribution is -0.130. The predicted octanol–water partition coefficient (Wildman–Crippen LogP) is 5.82. The highest BCUT2D eigenvalue weighted by Crippen LogP contribution is 2.56. The number of hydrogen-bond donors (Lipinski definition) is 2. The van der Waals surface area contributed by atoms with E-state index in [9.17, 15) is 14.4 Å². The van der Waals surface area contributed by atoms with Gasteiger partial charge in [-0.25, -0.2) is 0 Å². The van der Waals surface area contributed by atoms with Crippen molar-refractivity contribution >= 4 is 29.0 Å². The third-order valence-corrected chi connectivity index (χ3v) is 8.91. The van der Waals surface area contributed by atoms with Crippen LogP contribution in [0.3, 0.4) is 0 Å². The van der Waals surface area contributed by atoms with Gasteiger partial charge in [0, 0.05) is 35.2 Å². The summed E-state index contributed by atoms with van der Waals surface area (Å²) in [6, 6.07) is 8.69. The summed E-state index contributed by atoms with van der Waals surface area (Å²) < 4.78 is 24.9. The van der Waals surface area contributed by atoms with E-state index in [0.29, 0.717) is 47.0 Å². The fourth-order valence-electron chi connectivity index (χ4n) is 6.45. The second-order valence-electron chi connectivity index (χ2n) is 11.8. The Morgan fingerprint density at radius 2 is 1.82 bits per heavy atom. The molecular weight excluding hydrogens is 586 g/mol. The number of methoxy groups -OCH3 is 2. The molecule has 1 aliphatic carbocycles. The van der Waals surface area contributed by atoms with Gasteiger partial charge in [0.1, 0.15) is 40.3 Å². The minimum Gasteiger partial charge on any atom is -0.496 e. The average molecular weight is 620 g/mol. The Hall–Kier alpha value is -4.44. The van der Waals surface area contributed by atoms with Gasteiger partial charge < -0.3 is 24.3 Å². The van der Waals surface area contributed by atoms with Crippen molar-refractivity contribution in [3.63, 3.8) is 0 Å². The zero-order valence-corrected chi connectivity index (χ0v) is 26.2. The number of nitrogens with zero attached hydrogens (tertiary/aromatic N) is 1. The molecule has 230 valence electrons. The molecule has 2 N–H and O–H groups in total. The maximum Gasteiger partial charge on any atom is 0.270 e. The first kappa shape index (κ1) is 29.6. The lowest BCUT2D eigenvalue weighted by Gasteiger charge is -2.42. The largest absolute Gasteiger partial charge is 0.496 e. The SMILES string of the molecule is C=C(C)COc1ccc(C2C3=C(C[C@@H](C)[C@]4(Oc5c(Cl)c(OC)cc(OC)c5C4=O)C3=O)Nc3c2c(=O)[nH]n3C(C)C)cc1. The summed E-state index contributed by atoms with van der Waals surface area (Å²) in [5.74, 6) is -0.763. The van der Waals surface area contributed by atoms with Crippen LogP contribution < -0.4 is 29.8 Å². The number of aromatic amines is 1. The van der Waals surface area contributed by atoms with Gasteiger partial charge in [0.25, 0.3) is 5.56 Å². The fourth-order valence-corrected chi connectivity index (χ4v) is 6.71. The number of rotatable bonds is 7. The maximum atomic E-state index is 14.9. The number of benzene rings is 2. The van der Waals surface area contributed by atoms with E-state index in [1.165, 1.54) is 20.3 Å². The number of allylic oxidation sites excluding steroid dienone is 1. The van der Waals surface area contributed by atoms with Crippen molar-refractivity contribution in [3.8, 4) is 23.0 Å². The highest BCUT2D eigenvalue weighted by molar-refractivity contribution is 6.36. The molecule has 3 aliphatic rings. The molecule has 0 bridgehead atoms. The number of H-pyrrole nitrogens is 1. The van der Waals surface area contributed by atoms with Crippen LogP contribution in [0, 0.1) is 5.92 Å². The summed E-state index contributed by atoms with van der Waals surface area (Å²) in [5, 5.41) is 6.39. The third kappa shape index (κ3) is 4.18. The van der Waals surface area contributed by atoms with Gasteiger partial charge in [-0.15, -0.1) is 0 Å². The fraction of sp³-hybridized carbons (Fsp3) is 0.364. The molecule has 0 radical (unpaired) electrons. The standard InChI is InChI=1S/C33H34ClN3O7/c1-15(2)14-43-19-10-8-18(9-11-19)23-24-20(35-31-26(23)32(40)36-37(31)16(3)4)12-17(5)33(29(24)38)30(39)25-21(41-6)13-22(42-7)27(34)28(25)44-33/h8-11,13,16-17,23,35H,1,12,14H2,2-7H3,(H,36,40)/t17-,23?,33+/m1/s1. The molecule has 3 atom stereocenters. The Morgan fingerprint density at radius 3 is 2.43 bits per heavy atom. The van der Waals surface area contributed by atoms with E-state index in [1.807, 2.05) is 32.9 Å². The van der Waals surface area contributed by atoms with Gasteiger partial charge in [-0.3, -0.25) is 24.2 Å². The quantitative estimate of drug-likeness (QED) is 0.251. The van der Waals surface area contributed by atoms with Gasteiger partial charge in [-0.1, -0.05) is 37.2 Å². The lowest BCUT2D eigenvalue weighted by atomic mass is 9.66. The van der Waals surface area contributed by atoms with Crippen molar-refractivity contribution in [2.45, 2.75) is 51.7 Å². The van der Waals surface area contributed by atoms with Gasteiger partial charge in [-0.2, -0.15) is 0 Å². The summed E-state index contributed by atoms with van der Waals surface area (Å²) in [6.45, 7) is 11.8. The van der Waals surface area contributed by atoms with Crippen molar-refractivity contribution < 1.29 is 28.5 Å². The maximum absolute atomic E-state index is 14.9. The Labute approximate surface area is 259 Å². The molecule has 0 fully saturated rings. The normalized spacial score (nSPS) is 21.9. The van der Waals surface area contributed by atoms with Gasteiger partial charge >= 0.3 is 0 Å². The average Bonchev–Trinajstić information content (AvgIpc) is 3.50. The molecule has 44 heavy (non-hydrogen) atoms. The first-order valence-electron chi connectivity index (χ1n) is 14.4. The lowest BCUT2D eigenvalue weighted by Crippen LogP contribution is -2.58. The van der Waals surface area contributed by atoms with Gasteiger partial charge in [0.2, 0.25) is 17.2 Å². The smallest absolute Gasteiger partial charge is 0.270 e. The number of ether oxygens (including phenoxy) is 4. The molecule has 0 amide bonds. The van der Waals surface area contributed by atoms with Crippen molar-refractivity contribution in [2.75, 3.05) is 26.1 Å². The van der Waals surface area contributed by atoms with E-state index in [4.69, 9.17) is 30.5 Å². The van der Waals surface area contributed by atoms with E-state index in [1.54, 1.807) is 23.7 Å². The summed E-state index contributed by atoms with van der Waals surface area (Å²) in [6.07, 6.45) is 0.297. The zero-order chi connectivity index (χ0) is 31.7. The molecule has 3 heterocycles. The number of halogens is 1. The van der Waals surface area contributed by atoms with Crippen LogP contribution in [0.15, 0.2) is 58.5 Å². The number of nitrogens with one attached hydrogen (secondary N) is 2. The Morgan fingerprint density at radius 1 is 1.14 bits per heavy atom. The van der Waals surface area contributed by atoms with E-state index in [2.05, 4.69) is 17.0 Å². The monoisotopic (exact) mass is 619 g/mol. The molecule has 1 aromatic heterocycles. The molecule has 11 heteroatoms. The molecule has 1 unspecified atom stereocenters. The first-order valence-corrected chi connectivity index (χ1v) is 14.8. The number of fused-ring (bicyclic) bond motifs is 2. The van der Waals surface area contributed by atoms with Gasteiger partial charge in [-0.05, 0) is 50.5 Å². The number of anilines is 1. The van der Waals surface area contributed by atoms with Crippen molar-refractivity contribution in [1.29, 1.82) is 0 Å². The first-order chi connectivity index (χ1) is 20.9. The van der Waals surface area contributed by atoms with Crippen molar-refractivity contribution in [3.05, 3.63) is 85.8 Å². The van der Waals surface area contributed by atoms with E-state index >= 15 is 0 Å². The summed E-state index contributed by atoms with van der Waals surface area (Å²) >= 11 is 6.63. The van der Waals surface area contributed by atoms with E-state index in [0.717, 1.165) is 5.57 Å². The van der Waals surface area contributed by atoms with Crippen LogP contribution in [-0.2, 0) is 4.79 Å². The van der Waals surface area contributed by atoms with E-state index < -0.39 is 29.0 Å². The van der Waals surface area contributed by atoms with Crippen LogP contribution in [0.2, 0.25) is 5.02 Å². The number of ketones is 2. The molecule has 0 saturated carbocycles. The van der Waals surface area contributed by atoms with Crippen LogP contribution in [0.1, 0.15) is 67.6 Å². The second-order valence-corrected chi connectivity index (χ2v) is 12.2. The summed E-state index contributed by atoms with van der Waals surface area (Å²) in [5.41, 5.74) is 0.700. The molecule has 0 saturated heterocycles. The van der Waals surface area contributed by atoms with Crippen molar-refractivity contribution in [2.24, 2.45) is 5.92 Å². The van der Waals surface area contributed by atoms with Gasteiger partial charge in [0.15, 0.2) is 5.75 Å². The molecular formula is C33H34ClN3O7. The number of aromatic nitrogens is 2. The third-order valence-electron chi connectivity index (χ3n) is 8.55. The van der Waals surface area contributed by atoms with E-state index in [-0.39, 0.29) is 39.4 Å². The molecule has 2 aliphatic heterocycles. The molecule has 6 rings (SSSR count). The Balaban J connectivity index is 1.52. The zero-order valence-electron chi connectivity index (χ0n) is 25.4. The number of Topliss-reactive ketones (excluding diaryl/α,β-unsaturated/α-hetero) is 2. The minimum atomic E-state index is -1.92. The van der Waals surface area contributed by atoms with Crippen LogP contribution in [0.4, 0.5) is 5.82 Å². The Kier molecular flexibility index (Phi) is 7.15. The van der Waals surface area contributed by atoms with Crippen LogP contribution >= 0.6 is 11.6 Å². The Bertz CT molecular complexity index is 1820. The highest BCUT2D eigenvalue weighted by Gasteiger charge is 2.63. The molecule has 3 aromatic rings. The molecule has 10 nitrogen and oxygen atoms in total. The second kappa shape index (κ2) is 10.6. The summed E-state index contributed by atoms with van der Waals surface area (Å²) in [4.78, 5) is 42.9. The van der Waals surface area contributed by atoms with Crippen LogP contribution in [0.5, 0.6) is 23.0 Å². The summed E-state index contributed by atoms with van der Waals surface area (Å²) in [7, 11) is 2.86. The number of hydrogen-bond acceptors (Lipinski definition) is 8. The van der Waals surface area contributed by atoms with Gasteiger partial charge in [0.05, 0.1) is 19.8 Å². The highest BCUT2D eigenvalue weighted by atomic mass is 35.5. The number of carbonyl (C=O) groups excluding carboxylic acids is 2. The predicted molar refractivity (Wildman–Crippen MR) is 166 cm³/mol. The molecule has 1 spiro atoms. The topological polar surface area (TPSA) is 121 Å². The van der Waals surface area contributed by atoms with Crippen molar-refractivity contribution in [1.82, 2.24) is 9.78 Å².